The molecule has 0 aromatic heterocycles. The number of hydrogen-bond acceptors (Lipinski definition) is 3. The van der Waals surface area contributed by atoms with Crippen LogP contribution < -0.4 is 15.0 Å². The van der Waals surface area contributed by atoms with Crippen LogP contribution in [0.2, 0.25) is 0 Å². The smallest absolute Gasteiger partial charge is 0.119 e. The van der Waals surface area contributed by atoms with E-state index in [4.69, 9.17) is 4.74 Å². The molecule has 0 fully saturated rings. The maximum Gasteiger partial charge on any atom is 0.119 e. The molecule has 3 nitrogen and oxygen atoms in total. The van der Waals surface area contributed by atoms with Gasteiger partial charge in [-0.15, -0.1) is 0 Å². The normalized spacial score (nSPS) is 10.5. The van der Waals surface area contributed by atoms with Crippen molar-refractivity contribution in [3.8, 4) is 5.75 Å². The van der Waals surface area contributed by atoms with Gasteiger partial charge in [0, 0.05) is 29.4 Å². The van der Waals surface area contributed by atoms with Gasteiger partial charge in [-0.2, -0.15) is 0 Å². The molecule has 2 rings (SSSR count). The van der Waals surface area contributed by atoms with E-state index in [9.17, 15) is 0 Å². The van der Waals surface area contributed by atoms with Crippen LogP contribution in [0.3, 0.4) is 0 Å². The topological polar surface area (TPSA) is 24.5 Å². The highest BCUT2D eigenvalue weighted by molar-refractivity contribution is 9.10. The Morgan fingerprint density at radius 2 is 1.86 bits per heavy atom. The monoisotopic (exact) mass is 348 g/mol. The second-order valence-corrected chi connectivity index (χ2v) is 5.73. The van der Waals surface area contributed by atoms with E-state index in [1.165, 1.54) is 11.3 Å². The molecule has 0 saturated heterocycles. The second kappa shape index (κ2) is 7.48. The van der Waals surface area contributed by atoms with Crippen LogP contribution in [0.1, 0.15) is 12.5 Å². The molecule has 0 atom stereocenters. The summed E-state index contributed by atoms with van der Waals surface area (Å²) < 4.78 is 6.30. The molecule has 0 spiro atoms. The van der Waals surface area contributed by atoms with Crippen molar-refractivity contribution in [2.45, 2.75) is 13.5 Å². The molecule has 4 heteroatoms. The van der Waals surface area contributed by atoms with Gasteiger partial charge in [-0.3, -0.25) is 0 Å². The number of methoxy groups -OCH3 is 1. The van der Waals surface area contributed by atoms with Gasteiger partial charge in [0.05, 0.1) is 7.11 Å². The summed E-state index contributed by atoms with van der Waals surface area (Å²) in [7, 11) is 3.76. The summed E-state index contributed by atoms with van der Waals surface area (Å²) in [5, 5.41) is 3.39. The van der Waals surface area contributed by atoms with Gasteiger partial charge in [0.15, 0.2) is 0 Å². The van der Waals surface area contributed by atoms with E-state index in [1.807, 2.05) is 12.1 Å². The van der Waals surface area contributed by atoms with Crippen LogP contribution >= 0.6 is 15.9 Å². The number of ether oxygens (including phenoxy) is 1. The number of halogens is 1. The summed E-state index contributed by atoms with van der Waals surface area (Å²) in [6, 6.07) is 14.5. The average Bonchev–Trinajstić information content (AvgIpc) is 2.53. The Morgan fingerprint density at radius 1 is 1.14 bits per heavy atom. The quantitative estimate of drug-likeness (QED) is 0.840. The molecule has 21 heavy (non-hydrogen) atoms. The lowest BCUT2D eigenvalue weighted by Crippen LogP contribution is -2.17. The van der Waals surface area contributed by atoms with E-state index in [2.05, 4.69) is 70.4 Å². The molecule has 0 unspecified atom stereocenters. The van der Waals surface area contributed by atoms with E-state index in [0.717, 1.165) is 29.0 Å². The molecule has 2 aromatic carbocycles. The van der Waals surface area contributed by atoms with Gasteiger partial charge in [-0.05, 0) is 48.5 Å². The molecule has 0 aliphatic heterocycles. The fourth-order valence-corrected chi connectivity index (χ4v) is 2.55. The Morgan fingerprint density at radius 3 is 2.48 bits per heavy atom. The van der Waals surface area contributed by atoms with E-state index >= 15 is 0 Å². The predicted octanol–water partition coefficient (Wildman–Crippen LogP) is 4.34. The van der Waals surface area contributed by atoms with Gasteiger partial charge in [-0.25, -0.2) is 0 Å². The molecule has 112 valence electrons. The number of nitrogens with zero attached hydrogens (tertiary/aromatic N) is 1. The third-order valence-electron chi connectivity index (χ3n) is 3.43. The van der Waals surface area contributed by atoms with Gasteiger partial charge < -0.3 is 15.0 Å². The number of benzene rings is 2. The predicted molar refractivity (Wildman–Crippen MR) is 92.6 cm³/mol. The third-order valence-corrected chi connectivity index (χ3v) is 3.93. The van der Waals surface area contributed by atoms with Crippen molar-refractivity contribution in [1.29, 1.82) is 0 Å². The highest BCUT2D eigenvalue weighted by Crippen LogP contribution is 2.30. The summed E-state index contributed by atoms with van der Waals surface area (Å²) in [5.74, 6) is 0.870. The van der Waals surface area contributed by atoms with Crippen LogP contribution in [-0.4, -0.2) is 20.7 Å². The molecule has 0 saturated carbocycles. The van der Waals surface area contributed by atoms with Crippen molar-refractivity contribution in [3.05, 3.63) is 52.5 Å². The number of anilines is 2. The van der Waals surface area contributed by atoms with Crippen LogP contribution in [0.15, 0.2) is 46.9 Å². The van der Waals surface area contributed by atoms with Crippen LogP contribution in [0.25, 0.3) is 0 Å². The highest BCUT2D eigenvalue weighted by Gasteiger charge is 2.10. The van der Waals surface area contributed by atoms with E-state index in [0.29, 0.717) is 0 Å². The van der Waals surface area contributed by atoms with Crippen molar-refractivity contribution in [1.82, 2.24) is 5.32 Å². The Balaban J connectivity index is 2.31. The zero-order valence-corrected chi connectivity index (χ0v) is 14.3. The molecule has 0 amide bonds. The summed E-state index contributed by atoms with van der Waals surface area (Å²) in [6.45, 7) is 3.94. The minimum Gasteiger partial charge on any atom is -0.497 e. The molecule has 0 aliphatic carbocycles. The maximum atomic E-state index is 5.21. The van der Waals surface area contributed by atoms with Crippen LogP contribution in [-0.2, 0) is 6.54 Å². The average molecular weight is 349 g/mol. The molecular weight excluding hydrogens is 328 g/mol. The summed E-state index contributed by atoms with van der Waals surface area (Å²) >= 11 is 3.56. The Hall–Kier alpha value is -1.52. The van der Waals surface area contributed by atoms with Crippen molar-refractivity contribution in [3.63, 3.8) is 0 Å². The van der Waals surface area contributed by atoms with Gasteiger partial charge in [0.2, 0.25) is 0 Å². The summed E-state index contributed by atoms with van der Waals surface area (Å²) in [4.78, 5) is 2.19. The Labute approximate surface area is 135 Å². The Bertz CT molecular complexity index is 584. The van der Waals surface area contributed by atoms with Gasteiger partial charge >= 0.3 is 0 Å². The van der Waals surface area contributed by atoms with E-state index in [-0.39, 0.29) is 0 Å². The van der Waals surface area contributed by atoms with Crippen molar-refractivity contribution >= 4 is 27.3 Å². The first-order chi connectivity index (χ1) is 10.2. The van der Waals surface area contributed by atoms with Crippen LogP contribution in [0.5, 0.6) is 5.75 Å². The van der Waals surface area contributed by atoms with Crippen LogP contribution in [0, 0.1) is 0 Å². The first kappa shape index (κ1) is 15.9. The molecule has 1 N–H and O–H groups in total. The number of nitrogens with one attached hydrogen (secondary N) is 1. The highest BCUT2D eigenvalue weighted by atomic mass is 79.9. The van der Waals surface area contributed by atoms with Gasteiger partial charge in [-0.1, -0.05) is 28.9 Å². The summed E-state index contributed by atoms with van der Waals surface area (Å²) in [5.41, 5.74) is 3.60. The van der Waals surface area contributed by atoms with E-state index in [1.54, 1.807) is 7.11 Å². The molecule has 2 aromatic rings. The largest absolute Gasteiger partial charge is 0.497 e. The second-order valence-electron chi connectivity index (χ2n) is 4.81. The van der Waals surface area contributed by atoms with Crippen molar-refractivity contribution < 1.29 is 4.74 Å². The van der Waals surface area contributed by atoms with Gasteiger partial charge in [0.1, 0.15) is 5.75 Å². The Kier molecular flexibility index (Phi) is 5.65. The fraction of sp³-hybridized carbons (Fsp3) is 0.294. The first-order valence-electron chi connectivity index (χ1n) is 7.02. The lowest BCUT2D eigenvalue weighted by Gasteiger charge is -2.23. The number of rotatable bonds is 6. The van der Waals surface area contributed by atoms with E-state index < -0.39 is 0 Å². The third kappa shape index (κ3) is 3.99. The van der Waals surface area contributed by atoms with Crippen molar-refractivity contribution in [2.24, 2.45) is 0 Å². The molecular formula is C17H21BrN2O. The minimum atomic E-state index is 0.861. The summed E-state index contributed by atoms with van der Waals surface area (Å²) in [6.07, 6.45) is 0. The minimum absolute atomic E-state index is 0.861. The fourth-order valence-electron chi connectivity index (χ4n) is 2.20. The molecule has 0 heterocycles. The molecule has 0 radical (unpaired) electrons. The van der Waals surface area contributed by atoms with Gasteiger partial charge in [0.25, 0.3) is 0 Å². The lowest BCUT2D eigenvalue weighted by atomic mass is 10.1. The first-order valence-corrected chi connectivity index (χ1v) is 7.82. The zero-order valence-electron chi connectivity index (χ0n) is 12.7. The molecule has 0 bridgehead atoms. The number of hydrogen-bond donors (Lipinski definition) is 1. The van der Waals surface area contributed by atoms with Crippen LogP contribution in [0.4, 0.5) is 11.4 Å². The standard InChI is InChI=1S/C17H21BrN2O/c1-4-19-12-13-5-6-14(18)11-17(13)20(2)15-7-9-16(21-3)10-8-15/h5-11,19H,4,12H2,1-3H3. The molecule has 0 aliphatic rings. The lowest BCUT2D eigenvalue weighted by molar-refractivity contribution is 0.415. The maximum absolute atomic E-state index is 5.21. The zero-order chi connectivity index (χ0) is 15.2. The van der Waals surface area contributed by atoms with Crippen molar-refractivity contribution in [2.75, 3.05) is 25.6 Å². The SMILES string of the molecule is CCNCc1ccc(Br)cc1N(C)c1ccc(OC)cc1.